The Morgan fingerprint density at radius 3 is 2.46 bits per heavy atom. The van der Waals surface area contributed by atoms with Crippen molar-refractivity contribution >= 4 is 29.1 Å². The Balaban J connectivity index is 1.46. The normalized spacial score (nSPS) is 14.1. The molecule has 37 heavy (non-hydrogen) atoms. The van der Waals surface area contributed by atoms with Crippen LogP contribution in [0.15, 0.2) is 54.7 Å². The van der Waals surface area contributed by atoms with Gasteiger partial charge in [-0.2, -0.15) is 5.26 Å². The summed E-state index contributed by atoms with van der Waals surface area (Å²) in [6.07, 6.45) is 1.64. The van der Waals surface area contributed by atoms with Crippen LogP contribution < -0.4 is 10.6 Å². The van der Waals surface area contributed by atoms with Crippen LogP contribution in [-0.4, -0.2) is 53.0 Å². The molecule has 3 aromatic rings. The van der Waals surface area contributed by atoms with Crippen molar-refractivity contribution in [2.75, 3.05) is 36.9 Å². The molecule has 2 N–H and O–H groups in total. The van der Waals surface area contributed by atoms with E-state index in [2.05, 4.69) is 26.7 Å². The summed E-state index contributed by atoms with van der Waals surface area (Å²) in [5.74, 6) is -0.0767. The first-order chi connectivity index (χ1) is 17.9. The molecule has 1 atom stereocenters. The van der Waals surface area contributed by atoms with E-state index in [0.717, 1.165) is 16.8 Å². The molecule has 1 aromatic heterocycles. The number of ether oxygens (including phenoxy) is 1. The number of nitrogens with zero attached hydrogens (tertiary/aromatic N) is 4. The van der Waals surface area contributed by atoms with Crippen molar-refractivity contribution in [3.05, 3.63) is 65.9 Å². The number of amides is 2. The lowest BCUT2D eigenvalue weighted by Crippen LogP contribution is -2.42. The van der Waals surface area contributed by atoms with Gasteiger partial charge < -0.3 is 20.3 Å². The minimum atomic E-state index is -0.241. The number of benzene rings is 2. The Labute approximate surface area is 216 Å². The SMILES string of the molecule is CC(C)C(=O)Nc1ccc(-c2ccnc(Nc3ccc(C(C)C(=O)N4CCOCC4)cc3)n2)cc1C#N. The minimum absolute atomic E-state index is 0.103. The van der Waals surface area contributed by atoms with Gasteiger partial charge in [-0.05, 0) is 42.8 Å². The molecule has 9 nitrogen and oxygen atoms in total. The fourth-order valence-corrected chi connectivity index (χ4v) is 3.95. The highest BCUT2D eigenvalue weighted by molar-refractivity contribution is 5.93. The number of anilines is 3. The first-order valence-electron chi connectivity index (χ1n) is 12.3. The van der Waals surface area contributed by atoms with Crippen LogP contribution in [0.1, 0.15) is 37.8 Å². The monoisotopic (exact) mass is 498 g/mol. The van der Waals surface area contributed by atoms with Gasteiger partial charge in [0.1, 0.15) is 6.07 Å². The van der Waals surface area contributed by atoms with Crippen molar-refractivity contribution in [3.63, 3.8) is 0 Å². The average molecular weight is 499 g/mol. The molecule has 0 radical (unpaired) electrons. The first kappa shape index (κ1) is 25.8. The quantitative estimate of drug-likeness (QED) is 0.498. The largest absolute Gasteiger partial charge is 0.378 e. The molecule has 0 saturated carbocycles. The fourth-order valence-electron chi connectivity index (χ4n) is 3.95. The summed E-state index contributed by atoms with van der Waals surface area (Å²) in [5, 5.41) is 15.6. The average Bonchev–Trinajstić information content (AvgIpc) is 2.93. The zero-order chi connectivity index (χ0) is 26.4. The molecule has 1 saturated heterocycles. The standard InChI is InChI=1S/C28H30N6O3/c1-18(2)26(35)32-24-9-6-21(16-22(24)17-29)25-10-11-30-28(33-25)31-23-7-4-20(5-8-23)19(3)27(36)34-12-14-37-15-13-34/h4-11,16,18-19H,12-15H2,1-3H3,(H,32,35)(H,30,31,33). The Bertz CT molecular complexity index is 1310. The number of carbonyl (C=O) groups is 2. The molecule has 2 amide bonds. The third-order valence-electron chi connectivity index (χ3n) is 6.23. The van der Waals surface area contributed by atoms with E-state index >= 15 is 0 Å². The van der Waals surface area contributed by atoms with Gasteiger partial charge in [-0.1, -0.05) is 32.0 Å². The highest BCUT2D eigenvalue weighted by Gasteiger charge is 2.23. The van der Waals surface area contributed by atoms with E-state index in [1.807, 2.05) is 42.2 Å². The molecule has 0 bridgehead atoms. The predicted molar refractivity (Wildman–Crippen MR) is 141 cm³/mol. The van der Waals surface area contributed by atoms with Crippen molar-refractivity contribution in [3.8, 4) is 17.3 Å². The summed E-state index contributed by atoms with van der Waals surface area (Å²) in [4.78, 5) is 35.6. The summed E-state index contributed by atoms with van der Waals surface area (Å²) in [6, 6.07) is 16.8. The number of hydrogen-bond acceptors (Lipinski definition) is 7. The van der Waals surface area contributed by atoms with E-state index in [4.69, 9.17) is 4.74 Å². The zero-order valence-corrected chi connectivity index (χ0v) is 21.2. The molecule has 0 spiro atoms. The topological polar surface area (TPSA) is 120 Å². The van der Waals surface area contributed by atoms with Gasteiger partial charge in [0.05, 0.1) is 36.1 Å². The van der Waals surface area contributed by atoms with E-state index in [1.165, 1.54) is 0 Å². The molecule has 9 heteroatoms. The van der Waals surface area contributed by atoms with Gasteiger partial charge >= 0.3 is 0 Å². The predicted octanol–water partition coefficient (Wildman–Crippen LogP) is 4.32. The number of hydrogen-bond donors (Lipinski definition) is 2. The highest BCUT2D eigenvalue weighted by Crippen LogP contribution is 2.26. The van der Waals surface area contributed by atoms with Crippen molar-refractivity contribution in [1.82, 2.24) is 14.9 Å². The van der Waals surface area contributed by atoms with Gasteiger partial charge in [0.15, 0.2) is 0 Å². The van der Waals surface area contributed by atoms with Gasteiger partial charge in [0.25, 0.3) is 0 Å². The van der Waals surface area contributed by atoms with E-state index in [9.17, 15) is 14.9 Å². The highest BCUT2D eigenvalue weighted by atomic mass is 16.5. The van der Waals surface area contributed by atoms with Crippen LogP contribution in [0, 0.1) is 17.2 Å². The molecular formula is C28H30N6O3. The summed E-state index contributed by atoms with van der Waals surface area (Å²) in [6.45, 7) is 7.92. The minimum Gasteiger partial charge on any atom is -0.378 e. The number of carbonyl (C=O) groups excluding carboxylic acids is 2. The van der Waals surface area contributed by atoms with Gasteiger partial charge in [0.2, 0.25) is 17.8 Å². The lowest BCUT2D eigenvalue weighted by Gasteiger charge is -2.29. The lowest BCUT2D eigenvalue weighted by atomic mass is 9.99. The van der Waals surface area contributed by atoms with Crippen LogP contribution >= 0.6 is 0 Å². The molecule has 1 unspecified atom stereocenters. The third-order valence-corrected chi connectivity index (χ3v) is 6.23. The Hall–Kier alpha value is -4.29. The van der Waals surface area contributed by atoms with E-state index in [-0.39, 0.29) is 23.7 Å². The number of rotatable bonds is 7. The van der Waals surface area contributed by atoms with E-state index in [0.29, 0.717) is 49.2 Å². The smallest absolute Gasteiger partial charge is 0.229 e. The molecule has 2 heterocycles. The second kappa shape index (κ2) is 11.6. The van der Waals surface area contributed by atoms with Crippen molar-refractivity contribution in [2.24, 2.45) is 5.92 Å². The molecule has 1 aliphatic rings. The second-order valence-corrected chi connectivity index (χ2v) is 9.19. The Morgan fingerprint density at radius 2 is 1.78 bits per heavy atom. The zero-order valence-electron chi connectivity index (χ0n) is 21.2. The Morgan fingerprint density at radius 1 is 1.05 bits per heavy atom. The van der Waals surface area contributed by atoms with E-state index in [1.54, 1.807) is 38.2 Å². The molecule has 190 valence electrons. The summed E-state index contributed by atoms with van der Waals surface area (Å²) >= 11 is 0. The molecular weight excluding hydrogens is 468 g/mol. The first-order valence-corrected chi connectivity index (χ1v) is 12.3. The van der Waals surface area contributed by atoms with Crippen molar-refractivity contribution < 1.29 is 14.3 Å². The van der Waals surface area contributed by atoms with Gasteiger partial charge in [-0.25, -0.2) is 9.97 Å². The maximum atomic E-state index is 12.8. The number of nitrogens with one attached hydrogen (secondary N) is 2. The van der Waals surface area contributed by atoms with Crippen LogP contribution in [0.2, 0.25) is 0 Å². The molecule has 4 rings (SSSR count). The van der Waals surface area contributed by atoms with Crippen LogP contribution in [0.3, 0.4) is 0 Å². The summed E-state index contributed by atoms with van der Waals surface area (Å²) in [5.41, 5.74) is 3.92. The third kappa shape index (κ3) is 6.29. The van der Waals surface area contributed by atoms with Gasteiger partial charge in [0, 0.05) is 36.5 Å². The molecule has 2 aromatic carbocycles. The Kier molecular flexibility index (Phi) is 8.11. The van der Waals surface area contributed by atoms with Gasteiger partial charge in [-0.15, -0.1) is 0 Å². The summed E-state index contributed by atoms with van der Waals surface area (Å²) < 4.78 is 5.34. The summed E-state index contributed by atoms with van der Waals surface area (Å²) in [7, 11) is 0. The maximum absolute atomic E-state index is 12.8. The number of aromatic nitrogens is 2. The number of nitriles is 1. The second-order valence-electron chi connectivity index (χ2n) is 9.19. The van der Waals surface area contributed by atoms with Crippen molar-refractivity contribution in [2.45, 2.75) is 26.7 Å². The maximum Gasteiger partial charge on any atom is 0.229 e. The van der Waals surface area contributed by atoms with Crippen LogP contribution in [-0.2, 0) is 14.3 Å². The van der Waals surface area contributed by atoms with Crippen LogP contribution in [0.4, 0.5) is 17.3 Å². The van der Waals surface area contributed by atoms with Crippen LogP contribution in [0.25, 0.3) is 11.3 Å². The van der Waals surface area contributed by atoms with Crippen molar-refractivity contribution in [1.29, 1.82) is 5.26 Å². The van der Waals surface area contributed by atoms with Crippen LogP contribution in [0.5, 0.6) is 0 Å². The van der Waals surface area contributed by atoms with E-state index < -0.39 is 0 Å². The lowest BCUT2D eigenvalue weighted by molar-refractivity contribution is -0.136. The molecule has 1 aliphatic heterocycles. The molecule has 0 aliphatic carbocycles. The van der Waals surface area contributed by atoms with Gasteiger partial charge in [-0.3, -0.25) is 9.59 Å². The number of morpholine rings is 1. The fraction of sp³-hybridized carbons (Fsp3) is 0.321. The molecule has 1 fully saturated rings.